The van der Waals surface area contributed by atoms with Gasteiger partial charge in [0.2, 0.25) is 5.91 Å². The Labute approximate surface area is 175 Å². The van der Waals surface area contributed by atoms with E-state index in [-0.39, 0.29) is 11.8 Å². The van der Waals surface area contributed by atoms with Gasteiger partial charge in [0, 0.05) is 19.7 Å². The van der Waals surface area contributed by atoms with E-state index in [9.17, 15) is 9.59 Å². The first-order chi connectivity index (χ1) is 14.2. The Kier molecular flexibility index (Phi) is 8.22. The zero-order valence-electron chi connectivity index (χ0n) is 16.8. The quantitative estimate of drug-likeness (QED) is 0.604. The Morgan fingerprint density at radius 3 is 2.79 bits per heavy atom. The van der Waals surface area contributed by atoms with E-state index in [1.165, 1.54) is 11.3 Å². The highest BCUT2D eigenvalue weighted by Gasteiger charge is 2.34. The van der Waals surface area contributed by atoms with Crippen molar-refractivity contribution in [2.45, 2.75) is 39.0 Å². The number of benzene rings is 1. The smallest absolute Gasteiger partial charge is 0.264 e. The van der Waals surface area contributed by atoms with Gasteiger partial charge in [0.1, 0.15) is 6.04 Å². The van der Waals surface area contributed by atoms with Crippen LogP contribution in [0.15, 0.2) is 41.8 Å². The Bertz CT molecular complexity index is 794. The van der Waals surface area contributed by atoms with E-state index in [1.54, 1.807) is 4.90 Å². The predicted molar refractivity (Wildman–Crippen MR) is 113 cm³/mol. The summed E-state index contributed by atoms with van der Waals surface area (Å²) >= 11 is 1.41. The van der Waals surface area contributed by atoms with Crippen LogP contribution < -0.4 is 5.32 Å². The molecule has 2 heterocycles. The van der Waals surface area contributed by atoms with Crippen molar-refractivity contribution in [2.75, 3.05) is 26.4 Å². The van der Waals surface area contributed by atoms with Gasteiger partial charge in [0.05, 0.1) is 24.7 Å². The summed E-state index contributed by atoms with van der Waals surface area (Å²) in [5.41, 5.74) is 2.07. The molecule has 156 valence electrons. The third-order valence-corrected chi connectivity index (χ3v) is 5.71. The molecule has 1 aliphatic heterocycles. The number of hydrogen-bond donors (Lipinski definition) is 1. The highest BCUT2D eigenvalue weighted by atomic mass is 32.1. The van der Waals surface area contributed by atoms with Crippen molar-refractivity contribution in [3.05, 3.63) is 57.8 Å². The first-order valence-electron chi connectivity index (χ1n) is 10.0. The van der Waals surface area contributed by atoms with Crippen LogP contribution in [-0.4, -0.2) is 49.1 Å². The van der Waals surface area contributed by atoms with E-state index < -0.39 is 6.04 Å². The third-order valence-electron chi connectivity index (χ3n) is 4.85. The number of hydrogen-bond acceptors (Lipinski definition) is 5. The van der Waals surface area contributed by atoms with Crippen LogP contribution in [0.1, 0.15) is 40.6 Å². The van der Waals surface area contributed by atoms with E-state index in [0.717, 1.165) is 17.5 Å². The van der Waals surface area contributed by atoms with Crippen molar-refractivity contribution in [3.63, 3.8) is 0 Å². The standard InChI is InChI=1S/C22H28N2O4S/c1-2-27-11-12-28-16-18-7-3-6-17(14-18)15-23-21(25)19-8-4-10-24(19)22(26)20-9-5-13-29-20/h3,5-7,9,13-14,19H,2,4,8,10-12,15-16H2,1H3,(H,23,25)/t19-/m0/s1. The maximum absolute atomic E-state index is 12.7. The summed E-state index contributed by atoms with van der Waals surface area (Å²) in [5, 5.41) is 4.87. The molecule has 1 aromatic heterocycles. The lowest BCUT2D eigenvalue weighted by Gasteiger charge is -2.23. The number of ether oxygens (including phenoxy) is 2. The number of rotatable bonds is 10. The molecule has 6 nitrogen and oxygen atoms in total. The minimum Gasteiger partial charge on any atom is -0.379 e. The largest absolute Gasteiger partial charge is 0.379 e. The van der Waals surface area contributed by atoms with Gasteiger partial charge in [-0.15, -0.1) is 11.3 Å². The van der Waals surface area contributed by atoms with Gasteiger partial charge in [-0.05, 0) is 42.3 Å². The molecule has 0 aliphatic carbocycles. The van der Waals surface area contributed by atoms with Crippen molar-refractivity contribution >= 4 is 23.2 Å². The molecule has 0 saturated carbocycles. The second-order valence-electron chi connectivity index (χ2n) is 6.92. The van der Waals surface area contributed by atoms with Crippen molar-refractivity contribution in [1.29, 1.82) is 0 Å². The molecule has 7 heteroatoms. The van der Waals surface area contributed by atoms with E-state index in [0.29, 0.717) is 50.8 Å². The molecule has 0 radical (unpaired) electrons. The van der Waals surface area contributed by atoms with Gasteiger partial charge in [-0.25, -0.2) is 0 Å². The Balaban J connectivity index is 1.49. The maximum atomic E-state index is 12.7. The van der Waals surface area contributed by atoms with E-state index in [4.69, 9.17) is 9.47 Å². The van der Waals surface area contributed by atoms with Crippen molar-refractivity contribution < 1.29 is 19.1 Å². The summed E-state index contributed by atoms with van der Waals surface area (Å²) in [6, 6.07) is 11.3. The molecular formula is C22H28N2O4S. The number of nitrogens with zero attached hydrogens (tertiary/aromatic N) is 1. The van der Waals surface area contributed by atoms with Crippen molar-refractivity contribution in [2.24, 2.45) is 0 Å². The summed E-state index contributed by atoms with van der Waals surface area (Å²) in [6.07, 6.45) is 1.56. The number of carbonyl (C=O) groups excluding carboxylic acids is 2. The molecule has 29 heavy (non-hydrogen) atoms. The number of carbonyl (C=O) groups is 2. The fourth-order valence-corrected chi connectivity index (χ4v) is 4.09. The second kappa shape index (κ2) is 11.1. The Morgan fingerprint density at radius 1 is 1.17 bits per heavy atom. The first kappa shape index (κ1) is 21.5. The van der Waals surface area contributed by atoms with E-state index in [2.05, 4.69) is 5.32 Å². The predicted octanol–water partition coefficient (Wildman–Crippen LogP) is 3.22. The van der Waals surface area contributed by atoms with Gasteiger partial charge in [-0.3, -0.25) is 9.59 Å². The van der Waals surface area contributed by atoms with Gasteiger partial charge in [0.25, 0.3) is 5.91 Å². The Hall–Kier alpha value is -2.22. The summed E-state index contributed by atoms with van der Waals surface area (Å²) in [7, 11) is 0. The molecule has 0 spiro atoms. The average Bonchev–Trinajstić information content (AvgIpc) is 3.44. The minimum absolute atomic E-state index is 0.0520. The molecule has 0 unspecified atom stereocenters. The van der Waals surface area contributed by atoms with Crippen LogP contribution in [0.5, 0.6) is 0 Å². The molecular weight excluding hydrogens is 388 g/mol. The fourth-order valence-electron chi connectivity index (χ4n) is 3.41. The van der Waals surface area contributed by atoms with Crippen molar-refractivity contribution in [1.82, 2.24) is 10.2 Å². The van der Waals surface area contributed by atoms with Crippen LogP contribution in [0.25, 0.3) is 0 Å². The Morgan fingerprint density at radius 2 is 2.00 bits per heavy atom. The van der Waals surface area contributed by atoms with Gasteiger partial charge >= 0.3 is 0 Å². The summed E-state index contributed by atoms with van der Waals surface area (Å²) in [4.78, 5) is 27.7. The van der Waals surface area contributed by atoms with Gasteiger partial charge in [-0.2, -0.15) is 0 Å². The number of likely N-dealkylation sites (tertiary alicyclic amines) is 1. The second-order valence-corrected chi connectivity index (χ2v) is 7.87. The van der Waals surface area contributed by atoms with Gasteiger partial charge in [0.15, 0.2) is 0 Å². The lowest BCUT2D eigenvalue weighted by atomic mass is 10.1. The first-order valence-corrected chi connectivity index (χ1v) is 10.9. The zero-order valence-corrected chi connectivity index (χ0v) is 17.6. The molecule has 1 aromatic carbocycles. The molecule has 1 aliphatic rings. The third kappa shape index (κ3) is 6.13. The monoisotopic (exact) mass is 416 g/mol. The van der Waals surface area contributed by atoms with Gasteiger partial charge < -0.3 is 19.7 Å². The molecule has 1 fully saturated rings. The normalized spacial score (nSPS) is 16.2. The zero-order chi connectivity index (χ0) is 20.5. The number of amides is 2. The van der Waals surface area contributed by atoms with E-state index >= 15 is 0 Å². The maximum Gasteiger partial charge on any atom is 0.264 e. The molecule has 1 atom stereocenters. The van der Waals surface area contributed by atoms with Crippen LogP contribution in [-0.2, 0) is 27.4 Å². The molecule has 2 amide bonds. The van der Waals surface area contributed by atoms with Crippen LogP contribution in [0.2, 0.25) is 0 Å². The van der Waals surface area contributed by atoms with E-state index in [1.807, 2.05) is 48.7 Å². The summed E-state index contributed by atoms with van der Waals surface area (Å²) in [5.74, 6) is -0.144. The topological polar surface area (TPSA) is 67.9 Å². The molecule has 1 saturated heterocycles. The lowest BCUT2D eigenvalue weighted by molar-refractivity contribution is -0.125. The molecule has 1 N–H and O–H groups in total. The van der Waals surface area contributed by atoms with Crippen LogP contribution in [0.4, 0.5) is 0 Å². The van der Waals surface area contributed by atoms with Crippen LogP contribution >= 0.6 is 11.3 Å². The van der Waals surface area contributed by atoms with Crippen LogP contribution in [0.3, 0.4) is 0 Å². The minimum atomic E-state index is -0.394. The van der Waals surface area contributed by atoms with Crippen molar-refractivity contribution in [3.8, 4) is 0 Å². The average molecular weight is 417 g/mol. The lowest BCUT2D eigenvalue weighted by Crippen LogP contribution is -2.45. The molecule has 2 aromatic rings. The highest BCUT2D eigenvalue weighted by Crippen LogP contribution is 2.22. The fraction of sp³-hybridized carbons (Fsp3) is 0.455. The number of nitrogens with one attached hydrogen (secondary N) is 1. The number of thiophene rings is 1. The highest BCUT2D eigenvalue weighted by molar-refractivity contribution is 7.12. The SMILES string of the molecule is CCOCCOCc1cccc(CNC(=O)[C@@H]2CCCN2C(=O)c2cccs2)c1. The molecule has 3 rings (SSSR count). The molecule has 0 bridgehead atoms. The van der Waals surface area contributed by atoms with Crippen LogP contribution in [0, 0.1) is 0 Å². The summed E-state index contributed by atoms with van der Waals surface area (Å²) in [6.45, 7) is 5.38. The summed E-state index contributed by atoms with van der Waals surface area (Å²) < 4.78 is 10.9. The van der Waals surface area contributed by atoms with Gasteiger partial charge in [-0.1, -0.05) is 30.3 Å².